The normalized spacial score (nSPS) is 13.2. The standard InChI is InChI=1S/C22H21F2N5O2/c23-16-2-1-3-17(24)15(16)10-31-11-18-19(20(25)29-22(26)28-18)12-6-8-14(9-7-12)27-21(30)13-4-5-13/h1-3,6-9,13H,4-5,10-11H2,(H,27,30)(H4,25,26,28,29). The van der Waals surface area contributed by atoms with Crippen LogP contribution < -0.4 is 16.8 Å². The summed E-state index contributed by atoms with van der Waals surface area (Å²) in [7, 11) is 0. The fourth-order valence-corrected chi connectivity index (χ4v) is 3.20. The molecule has 3 aromatic rings. The van der Waals surface area contributed by atoms with Gasteiger partial charge in [0.1, 0.15) is 17.5 Å². The number of hydrogen-bond acceptors (Lipinski definition) is 6. The van der Waals surface area contributed by atoms with Crippen LogP contribution in [0.4, 0.5) is 26.2 Å². The molecule has 1 aromatic heterocycles. The Morgan fingerprint density at radius 1 is 1.03 bits per heavy atom. The van der Waals surface area contributed by atoms with E-state index < -0.39 is 11.6 Å². The van der Waals surface area contributed by atoms with Crippen LogP contribution in [0, 0.1) is 17.6 Å². The molecule has 2 aromatic carbocycles. The third-order valence-electron chi connectivity index (χ3n) is 4.97. The third kappa shape index (κ3) is 4.77. The fourth-order valence-electron chi connectivity index (χ4n) is 3.20. The molecule has 9 heteroatoms. The van der Waals surface area contributed by atoms with Gasteiger partial charge in [-0.25, -0.2) is 13.8 Å². The minimum atomic E-state index is -0.689. The summed E-state index contributed by atoms with van der Waals surface area (Å²) in [6.45, 7) is -0.367. The summed E-state index contributed by atoms with van der Waals surface area (Å²) in [4.78, 5) is 20.1. The van der Waals surface area contributed by atoms with Crippen LogP contribution in [0.15, 0.2) is 42.5 Å². The molecule has 160 valence electrons. The number of nitrogens with zero attached hydrogens (tertiary/aromatic N) is 2. The van der Waals surface area contributed by atoms with E-state index in [1.165, 1.54) is 6.07 Å². The summed E-state index contributed by atoms with van der Waals surface area (Å²) in [5.41, 5.74) is 13.9. The number of anilines is 3. The van der Waals surface area contributed by atoms with Gasteiger partial charge in [-0.05, 0) is 42.7 Å². The molecule has 1 saturated carbocycles. The second-order valence-electron chi connectivity index (χ2n) is 7.32. The van der Waals surface area contributed by atoms with Crippen LogP contribution in [-0.4, -0.2) is 15.9 Å². The Hall–Kier alpha value is -3.59. The molecule has 0 atom stereocenters. The van der Waals surface area contributed by atoms with Crippen molar-refractivity contribution in [2.75, 3.05) is 16.8 Å². The quantitative estimate of drug-likeness (QED) is 0.532. The molecule has 1 amide bonds. The van der Waals surface area contributed by atoms with E-state index in [9.17, 15) is 13.6 Å². The average molecular weight is 425 g/mol. The van der Waals surface area contributed by atoms with Gasteiger partial charge in [0.15, 0.2) is 0 Å². The zero-order valence-electron chi connectivity index (χ0n) is 16.6. The van der Waals surface area contributed by atoms with E-state index in [2.05, 4.69) is 15.3 Å². The molecular weight excluding hydrogens is 404 g/mol. The number of amides is 1. The summed E-state index contributed by atoms with van der Waals surface area (Å²) in [5.74, 6) is -1.15. The summed E-state index contributed by atoms with van der Waals surface area (Å²) in [6, 6.07) is 10.7. The predicted octanol–water partition coefficient (Wildman–Crippen LogP) is 3.65. The van der Waals surface area contributed by atoms with Crippen LogP contribution in [-0.2, 0) is 22.7 Å². The molecule has 7 nitrogen and oxygen atoms in total. The SMILES string of the molecule is Nc1nc(N)c(-c2ccc(NC(=O)C3CC3)cc2)c(COCc2c(F)cccc2F)n1. The Morgan fingerprint density at radius 2 is 1.71 bits per heavy atom. The van der Waals surface area contributed by atoms with Gasteiger partial charge < -0.3 is 21.5 Å². The second-order valence-corrected chi connectivity index (χ2v) is 7.32. The van der Waals surface area contributed by atoms with Crippen molar-refractivity contribution < 1.29 is 18.3 Å². The van der Waals surface area contributed by atoms with E-state index in [1.807, 2.05) is 0 Å². The first-order chi connectivity index (χ1) is 14.9. The highest BCUT2D eigenvalue weighted by atomic mass is 19.1. The topological polar surface area (TPSA) is 116 Å². The van der Waals surface area contributed by atoms with Crippen molar-refractivity contribution in [1.29, 1.82) is 0 Å². The minimum Gasteiger partial charge on any atom is -0.383 e. The number of nitrogens with two attached hydrogens (primary N) is 2. The largest absolute Gasteiger partial charge is 0.383 e. The summed E-state index contributed by atoms with van der Waals surface area (Å²) < 4.78 is 33.1. The maximum atomic E-state index is 13.8. The highest BCUT2D eigenvalue weighted by molar-refractivity contribution is 5.94. The molecule has 0 unspecified atom stereocenters. The molecule has 1 heterocycles. The van der Waals surface area contributed by atoms with Crippen molar-refractivity contribution in [3.05, 3.63) is 65.4 Å². The molecule has 0 saturated heterocycles. The maximum absolute atomic E-state index is 13.8. The molecule has 0 radical (unpaired) electrons. The van der Waals surface area contributed by atoms with Gasteiger partial charge >= 0.3 is 0 Å². The lowest BCUT2D eigenvalue weighted by molar-refractivity contribution is -0.117. The van der Waals surface area contributed by atoms with Gasteiger partial charge in [0, 0.05) is 22.7 Å². The van der Waals surface area contributed by atoms with Crippen LogP contribution in [0.3, 0.4) is 0 Å². The molecule has 1 fully saturated rings. The summed E-state index contributed by atoms with van der Waals surface area (Å²) >= 11 is 0. The number of rotatable bonds is 7. The monoisotopic (exact) mass is 425 g/mol. The van der Waals surface area contributed by atoms with Crippen molar-refractivity contribution in [3.8, 4) is 11.1 Å². The Balaban J connectivity index is 1.53. The van der Waals surface area contributed by atoms with Crippen LogP contribution >= 0.6 is 0 Å². The van der Waals surface area contributed by atoms with Gasteiger partial charge in [-0.1, -0.05) is 18.2 Å². The highest BCUT2D eigenvalue weighted by Crippen LogP contribution is 2.32. The summed E-state index contributed by atoms with van der Waals surface area (Å²) in [5, 5.41) is 2.87. The van der Waals surface area contributed by atoms with Gasteiger partial charge in [0.05, 0.1) is 18.9 Å². The highest BCUT2D eigenvalue weighted by Gasteiger charge is 2.29. The first-order valence-corrected chi connectivity index (χ1v) is 9.76. The first kappa shape index (κ1) is 20.7. The molecule has 5 N–H and O–H groups in total. The molecule has 31 heavy (non-hydrogen) atoms. The van der Waals surface area contributed by atoms with E-state index in [1.54, 1.807) is 24.3 Å². The van der Waals surface area contributed by atoms with Crippen molar-refractivity contribution in [2.24, 2.45) is 5.92 Å². The van der Waals surface area contributed by atoms with Gasteiger partial charge in [-0.2, -0.15) is 4.98 Å². The predicted molar refractivity (Wildman–Crippen MR) is 112 cm³/mol. The third-order valence-corrected chi connectivity index (χ3v) is 4.97. The number of carbonyl (C=O) groups is 1. The zero-order valence-corrected chi connectivity index (χ0v) is 16.6. The van der Waals surface area contributed by atoms with Gasteiger partial charge in [0.25, 0.3) is 0 Å². The Labute approximate surface area is 177 Å². The lowest BCUT2D eigenvalue weighted by Gasteiger charge is -2.14. The number of nitrogens with one attached hydrogen (secondary N) is 1. The van der Waals surface area contributed by atoms with E-state index >= 15 is 0 Å². The molecule has 0 spiro atoms. The van der Waals surface area contributed by atoms with Gasteiger partial charge in [-0.3, -0.25) is 4.79 Å². The molecule has 1 aliphatic carbocycles. The molecule has 0 bridgehead atoms. The van der Waals surface area contributed by atoms with Crippen molar-refractivity contribution in [2.45, 2.75) is 26.1 Å². The number of hydrogen-bond donors (Lipinski definition) is 3. The van der Waals surface area contributed by atoms with Gasteiger partial charge in [0.2, 0.25) is 11.9 Å². The second kappa shape index (κ2) is 8.65. The van der Waals surface area contributed by atoms with E-state index in [0.717, 1.165) is 25.0 Å². The van der Waals surface area contributed by atoms with Crippen LogP contribution in [0.2, 0.25) is 0 Å². The van der Waals surface area contributed by atoms with Crippen LogP contribution in [0.1, 0.15) is 24.1 Å². The van der Waals surface area contributed by atoms with E-state index in [0.29, 0.717) is 22.5 Å². The van der Waals surface area contributed by atoms with E-state index in [-0.39, 0.29) is 42.4 Å². The maximum Gasteiger partial charge on any atom is 0.227 e. The number of ether oxygens (including phenoxy) is 1. The number of halogens is 2. The van der Waals surface area contributed by atoms with Crippen molar-refractivity contribution in [1.82, 2.24) is 9.97 Å². The summed E-state index contributed by atoms with van der Waals surface area (Å²) in [6.07, 6.45) is 1.84. The Kier molecular flexibility index (Phi) is 5.77. The van der Waals surface area contributed by atoms with Crippen molar-refractivity contribution in [3.63, 3.8) is 0 Å². The molecule has 0 aliphatic heterocycles. The fraction of sp³-hybridized carbons (Fsp3) is 0.227. The van der Waals surface area contributed by atoms with E-state index in [4.69, 9.17) is 16.2 Å². The number of benzene rings is 2. The van der Waals surface area contributed by atoms with Gasteiger partial charge in [-0.15, -0.1) is 0 Å². The lowest BCUT2D eigenvalue weighted by Crippen LogP contribution is -2.13. The molecule has 4 rings (SSSR count). The first-order valence-electron chi connectivity index (χ1n) is 9.76. The minimum absolute atomic E-state index is 0.0116. The Bertz CT molecular complexity index is 1100. The molecule has 1 aliphatic rings. The smallest absolute Gasteiger partial charge is 0.227 e. The number of aromatic nitrogens is 2. The van der Waals surface area contributed by atoms with Crippen LogP contribution in [0.25, 0.3) is 11.1 Å². The van der Waals surface area contributed by atoms with Crippen LogP contribution in [0.5, 0.6) is 0 Å². The zero-order chi connectivity index (χ0) is 22.0. The lowest BCUT2D eigenvalue weighted by atomic mass is 10.0. The molecular formula is C22H21F2N5O2. The number of nitrogen functional groups attached to an aromatic ring is 2. The Morgan fingerprint density at radius 3 is 2.35 bits per heavy atom. The number of carbonyl (C=O) groups excluding carboxylic acids is 1. The average Bonchev–Trinajstić information content (AvgIpc) is 3.56. The van der Waals surface area contributed by atoms with Crippen molar-refractivity contribution >= 4 is 23.4 Å².